The number of aliphatic carboxylic acids is 1. The molecule has 0 atom stereocenters. The maximum Gasteiger partial charge on any atom is 0.412 e. The largest absolute Gasteiger partial charge is 0.481 e. The van der Waals surface area contributed by atoms with Crippen LogP contribution in [0.1, 0.15) is 12.0 Å². The molecule has 21 heavy (non-hydrogen) atoms. The lowest BCUT2D eigenvalue weighted by Gasteiger charge is -2.05. The summed E-state index contributed by atoms with van der Waals surface area (Å²) in [6, 6.07) is 9.33. The molecule has 7 heteroatoms. The molecule has 0 radical (unpaired) electrons. The van der Waals surface area contributed by atoms with Crippen LogP contribution in [0, 0.1) is 0 Å². The molecule has 0 saturated carbocycles. The van der Waals surface area contributed by atoms with Gasteiger partial charge in [-0.2, -0.15) is 5.10 Å². The van der Waals surface area contributed by atoms with Crippen molar-refractivity contribution in [1.29, 1.82) is 0 Å². The second kappa shape index (κ2) is 7.09. The van der Waals surface area contributed by atoms with Crippen molar-refractivity contribution in [1.82, 2.24) is 9.78 Å². The highest BCUT2D eigenvalue weighted by atomic mass is 16.5. The van der Waals surface area contributed by atoms with Crippen molar-refractivity contribution >= 4 is 17.7 Å². The Morgan fingerprint density at radius 2 is 2.05 bits per heavy atom. The Kier molecular flexibility index (Phi) is 4.92. The van der Waals surface area contributed by atoms with E-state index in [1.165, 1.54) is 10.9 Å². The van der Waals surface area contributed by atoms with E-state index < -0.39 is 12.1 Å². The summed E-state index contributed by atoms with van der Waals surface area (Å²) in [7, 11) is 0. The van der Waals surface area contributed by atoms with E-state index in [0.29, 0.717) is 5.69 Å². The van der Waals surface area contributed by atoms with Crippen molar-refractivity contribution in [2.75, 3.05) is 5.32 Å². The summed E-state index contributed by atoms with van der Waals surface area (Å²) in [4.78, 5) is 22.0. The lowest BCUT2D eigenvalue weighted by molar-refractivity contribution is -0.137. The zero-order valence-electron chi connectivity index (χ0n) is 11.2. The first-order valence-electron chi connectivity index (χ1n) is 6.35. The number of carbonyl (C=O) groups is 2. The van der Waals surface area contributed by atoms with Crippen LogP contribution in [-0.4, -0.2) is 26.9 Å². The number of anilines is 1. The van der Waals surface area contributed by atoms with Crippen molar-refractivity contribution in [3.8, 4) is 0 Å². The van der Waals surface area contributed by atoms with Crippen LogP contribution in [0.5, 0.6) is 0 Å². The second-order valence-corrected chi connectivity index (χ2v) is 4.32. The van der Waals surface area contributed by atoms with Crippen LogP contribution >= 0.6 is 0 Å². The number of aromatic nitrogens is 2. The number of carbonyl (C=O) groups excluding carboxylic acids is 1. The molecular formula is C14H15N3O4. The number of ether oxygens (including phenoxy) is 1. The number of aryl methyl sites for hydroxylation is 1. The molecule has 2 N–H and O–H groups in total. The molecular weight excluding hydrogens is 274 g/mol. The highest BCUT2D eigenvalue weighted by Gasteiger charge is 2.06. The molecule has 0 aliphatic heterocycles. The third kappa shape index (κ3) is 4.98. The van der Waals surface area contributed by atoms with Gasteiger partial charge in [0.25, 0.3) is 0 Å². The Balaban J connectivity index is 1.78. The molecule has 0 unspecified atom stereocenters. The number of carboxylic acids is 1. The van der Waals surface area contributed by atoms with Gasteiger partial charge in [0.05, 0.1) is 24.8 Å². The van der Waals surface area contributed by atoms with Crippen LogP contribution in [0.2, 0.25) is 0 Å². The fourth-order valence-corrected chi connectivity index (χ4v) is 1.64. The second-order valence-electron chi connectivity index (χ2n) is 4.32. The molecule has 0 aliphatic carbocycles. The minimum absolute atomic E-state index is 0.0282. The molecule has 0 aliphatic rings. The van der Waals surface area contributed by atoms with Crippen LogP contribution < -0.4 is 5.32 Å². The Labute approximate surface area is 121 Å². The van der Waals surface area contributed by atoms with Crippen molar-refractivity contribution in [2.24, 2.45) is 0 Å². The molecule has 1 aromatic heterocycles. The minimum Gasteiger partial charge on any atom is -0.481 e. The van der Waals surface area contributed by atoms with Gasteiger partial charge in [0.1, 0.15) is 6.61 Å². The molecule has 1 aromatic carbocycles. The third-order valence-corrected chi connectivity index (χ3v) is 2.65. The van der Waals surface area contributed by atoms with Gasteiger partial charge in [0.15, 0.2) is 0 Å². The zero-order valence-corrected chi connectivity index (χ0v) is 11.2. The topological polar surface area (TPSA) is 93.5 Å². The molecule has 1 amide bonds. The summed E-state index contributed by atoms with van der Waals surface area (Å²) in [6.45, 7) is 0.426. The number of nitrogens with zero attached hydrogens (tertiary/aromatic N) is 2. The van der Waals surface area contributed by atoms with E-state index in [9.17, 15) is 9.59 Å². The average Bonchev–Trinajstić information content (AvgIpc) is 2.91. The van der Waals surface area contributed by atoms with Gasteiger partial charge in [-0.3, -0.25) is 14.8 Å². The van der Waals surface area contributed by atoms with Gasteiger partial charge in [-0.05, 0) is 5.56 Å². The highest BCUT2D eigenvalue weighted by molar-refractivity contribution is 5.84. The van der Waals surface area contributed by atoms with E-state index >= 15 is 0 Å². The van der Waals surface area contributed by atoms with E-state index in [-0.39, 0.29) is 19.6 Å². The normalized spacial score (nSPS) is 10.1. The molecule has 2 aromatic rings. The van der Waals surface area contributed by atoms with Gasteiger partial charge in [0, 0.05) is 6.20 Å². The van der Waals surface area contributed by atoms with Crippen molar-refractivity contribution in [2.45, 2.75) is 19.6 Å². The molecule has 110 valence electrons. The quantitative estimate of drug-likeness (QED) is 0.849. The van der Waals surface area contributed by atoms with E-state index in [1.54, 1.807) is 6.20 Å². The standard InChI is InChI=1S/C14H15N3O4/c18-13(19)6-7-17-9-12(8-15-17)16-14(20)21-10-11-4-2-1-3-5-11/h1-5,8-9H,6-7,10H2,(H,16,20)(H,18,19). The Morgan fingerprint density at radius 1 is 1.29 bits per heavy atom. The zero-order chi connectivity index (χ0) is 15.1. The summed E-state index contributed by atoms with van der Waals surface area (Å²) in [5, 5.41) is 15.0. The van der Waals surface area contributed by atoms with Crippen LogP contribution in [0.25, 0.3) is 0 Å². The number of amides is 1. The maximum absolute atomic E-state index is 11.6. The summed E-state index contributed by atoms with van der Waals surface area (Å²) in [5.41, 5.74) is 1.35. The third-order valence-electron chi connectivity index (χ3n) is 2.65. The van der Waals surface area contributed by atoms with Crippen LogP contribution in [0.4, 0.5) is 10.5 Å². The highest BCUT2D eigenvalue weighted by Crippen LogP contribution is 2.07. The van der Waals surface area contributed by atoms with Gasteiger partial charge in [-0.25, -0.2) is 4.79 Å². The summed E-state index contributed by atoms with van der Waals surface area (Å²) in [6.07, 6.45) is 2.37. The van der Waals surface area contributed by atoms with Gasteiger partial charge in [-0.1, -0.05) is 30.3 Å². The van der Waals surface area contributed by atoms with Crippen molar-refractivity contribution in [3.63, 3.8) is 0 Å². The summed E-state index contributed by atoms with van der Waals surface area (Å²) >= 11 is 0. The predicted molar refractivity (Wildman–Crippen MR) is 74.7 cm³/mol. The van der Waals surface area contributed by atoms with E-state index in [0.717, 1.165) is 5.56 Å². The van der Waals surface area contributed by atoms with E-state index in [2.05, 4.69) is 10.4 Å². The lowest BCUT2D eigenvalue weighted by atomic mass is 10.2. The molecule has 0 saturated heterocycles. The smallest absolute Gasteiger partial charge is 0.412 e. The first-order chi connectivity index (χ1) is 10.1. The fraction of sp³-hybridized carbons (Fsp3) is 0.214. The molecule has 0 fully saturated rings. The van der Waals surface area contributed by atoms with Crippen LogP contribution in [-0.2, 0) is 22.7 Å². The van der Waals surface area contributed by atoms with Crippen LogP contribution in [0.3, 0.4) is 0 Å². The monoisotopic (exact) mass is 289 g/mol. The first-order valence-corrected chi connectivity index (χ1v) is 6.35. The number of carboxylic acid groups (broad SMARTS) is 1. The van der Waals surface area contributed by atoms with Crippen LogP contribution in [0.15, 0.2) is 42.7 Å². The molecule has 1 heterocycles. The van der Waals surface area contributed by atoms with Gasteiger partial charge >= 0.3 is 12.1 Å². The first kappa shape index (κ1) is 14.6. The minimum atomic E-state index is -0.901. The number of hydrogen-bond donors (Lipinski definition) is 2. The van der Waals surface area contributed by atoms with Gasteiger partial charge in [-0.15, -0.1) is 0 Å². The SMILES string of the molecule is O=C(O)CCn1cc(NC(=O)OCc2ccccc2)cn1. The van der Waals surface area contributed by atoms with E-state index in [4.69, 9.17) is 9.84 Å². The molecule has 0 bridgehead atoms. The Bertz CT molecular complexity index is 610. The summed E-state index contributed by atoms with van der Waals surface area (Å²) in [5.74, 6) is -0.901. The molecule has 0 spiro atoms. The van der Waals surface area contributed by atoms with Crippen molar-refractivity contribution in [3.05, 3.63) is 48.3 Å². The number of hydrogen-bond acceptors (Lipinski definition) is 4. The fourth-order valence-electron chi connectivity index (χ4n) is 1.64. The maximum atomic E-state index is 11.6. The predicted octanol–water partition coefficient (Wildman–Crippen LogP) is 2.11. The van der Waals surface area contributed by atoms with Gasteiger partial charge in [0.2, 0.25) is 0 Å². The average molecular weight is 289 g/mol. The molecule has 2 rings (SSSR count). The Hall–Kier alpha value is -2.83. The molecule has 7 nitrogen and oxygen atoms in total. The Morgan fingerprint density at radius 3 is 2.76 bits per heavy atom. The van der Waals surface area contributed by atoms with E-state index in [1.807, 2.05) is 30.3 Å². The number of benzene rings is 1. The number of rotatable bonds is 6. The lowest BCUT2D eigenvalue weighted by Crippen LogP contribution is -2.13. The van der Waals surface area contributed by atoms with Gasteiger partial charge < -0.3 is 9.84 Å². The number of nitrogens with one attached hydrogen (secondary N) is 1. The summed E-state index contributed by atoms with van der Waals surface area (Å²) < 4.78 is 6.50. The van der Waals surface area contributed by atoms with Crippen molar-refractivity contribution < 1.29 is 19.4 Å².